The molecule has 2 aromatic rings. The van der Waals surface area contributed by atoms with Crippen LogP contribution < -0.4 is 4.74 Å². The van der Waals surface area contributed by atoms with Crippen LogP contribution in [0.1, 0.15) is 12.8 Å². The molecule has 4 bridgehead atoms. The zero-order valence-electron chi connectivity index (χ0n) is 12.7. The van der Waals surface area contributed by atoms with Gasteiger partial charge in [-0.05, 0) is 30.9 Å². The lowest BCUT2D eigenvalue weighted by atomic mass is 9.66. The Labute approximate surface area is 148 Å². The van der Waals surface area contributed by atoms with Crippen LogP contribution in [0.3, 0.4) is 0 Å². The fourth-order valence-electron chi connectivity index (χ4n) is 4.67. The van der Waals surface area contributed by atoms with Crippen molar-refractivity contribution in [3.63, 3.8) is 0 Å². The molecule has 0 amide bonds. The number of aromatic nitrogens is 2. The van der Waals surface area contributed by atoms with Crippen LogP contribution in [0.4, 0.5) is 0 Å². The van der Waals surface area contributed by atoms with Crippen LogP contribution in [0.15, 0.2) is 28.7 Å². The lowest BCUT2D eigenvalue weighted by molar-refractivity contribution is -0.0986. The molecule has 3 aliphatic heterocycles. The molecule has 0 spiro atoms. The van der Waals surface area contributed by atoms with E-state index in [9.17, 15) is 0 Å². The summed E-state index contributed by atoms with van der Waals surface area (Å²) in [6, 6.07) is 8.17. The Morgan fingerprint density at radius 2 is 1.96 bits per heavy atom. The molecule has 0 unspecified atom stereocenters. The quantitative estimate of drug-likeness (QED) is 0.799. The Morgan fingerprint density at radius 3 is 2.70 bits per heavy atom. The van der Waals surface area contributed by atoms with Crippen molar-refractivity contribution in [2.45, 2.75) is 18.9 Å². The fraction of sp³-hybridized carbons (Fsp3) is 0.529. The average molecular weight is 392 g/mol. The molecule has 4 nitrogen and oxygen atoms in total. The highest BCUT2D eigenvalue weighted by Gasteiger charge is 2.49. The van der Waals surface area contributed by atoms with Crippen molar-refractivity contribution in [1.29, 1.82) is 0 Å². The van der Waals surface area contributed by atoms with Gasteiger partial charge in [0.1, 0.15) is 6.10 Å². The van der Waals surface area contributed by atoms with Gasteiger partial charge in [-0.25, -0.2) is 0 Å². The van der Waals surface area contributed by atoms with Gasteiger partial charge in [0.15, 0.2) is 5.01 Å². The Bertz CT molecular complexity index is 706. The predicted octanol–water partition coefficient (Wildman–Crippen LogP) is 3.69. The van der Waals surface area contributed by atoms with Gasteiger partial charge in [-0.15, -0.1) is 5.10 Å². The average Bonchev–Trinajstić information content (AvgIpc) is 2.99. The smallest absolute Gasteiger partial charge is 0.294 e. The third-order valence-electron chi connectivity index (χ3n) is 5.42. The second-order valence-electron chi connectivity index (χ2n) is 7.04. The van der Waals surface area contributed by atoms with Crippen LogP contribution in [-0.4, -0.2) is 40.8 Å². The van der Waals surface area contributed by atoms with Crippen LogP contribution in [0.5, 0.6) is 5.19 Å². The summed E-state index contributed by atoms with van der Waals surface area (Å²) in [5.41, 5.74) is 1.09. The molecule has 3 saturated heterocycles. The molecule has 120 valence electrons. The zero-order chi connectivity index (χ0) is 15.4. The number of halogens is 1. The monoisotopic (exact) mass is 391 g/mol. The van der Waals surface area contributed by atoms with E-state index in [1.54, 1.807) is 11.3 Å². The van der Waals surface area contributed by atoms with Crippen molar-refractivity contribution in [1.82, 2.24) is 15.1 Å². The minimum atomic E-state index is 0.339. The first-order valence-electron chi connectivity index (χ1n) is 8.23. The first kappa shape index (κ1) is 14.4. The van der Waals surface area contributed by atoms with Crippen molar-refractivity contribution >= 4 is 27.3 Å². The summed E-state index contributed by atoms with van der Waals surface area (Å²) in [4.78, 5) is 2.62. The molecular weight excluding hydrogens is 374 g/mol. The summed E-state index contributed by atoms with van der Waals surface area (Å²) < 4.78 is 7.39. The van der Waals surface area contributed by atoms with E-state index < -0.39 is 0 Å². The molecule has 6 heteroatoms. The summed E-state index contributed by atoms with van der Waals surface area (Å²) in [6.07, 6.45) is 3.00. The molecule has 4 aliphatic rings. The molecule has 6 rings (SSSR count). The van der Waals surface area contributed by atoms with Crippen LogP contribution in [0.2, 0.25) is 0 Å². The van der Waals surface area contributed by atoms with Crippen molar-refractivity contribution in [3.05, 3.63) is 28.7 Å². The van der Waals surface area contributed by atoms with Crippen molar-refractivity contribution in [2.24, 2.45) is 17.8 Å². The number of nitrogens with zero attached hydrogens (tertiary/aromatic N) is 3. The highest BCUT2D eigenvalue weighted by Crippen LogP contribution is 2.45. The zero-order valence-corrected chi connectivity index (χ0v) is 15.1. The molecule has 2 atom stereocenters. The molecule has 1 aliphatic carbocycles. The number of rotatable bonds is 3. The molecule has 4 fully saturated rings. The highest BCUT2D eigenvalue weighted by atomic mass is 79.9. The van der Waals surface area contributed by atoms with E-state index >= 15 is 0 Å². The Balaban J connectivity index is 1.36. The topological polar surface area (TPSA) is 38.3 Å². The maximum Gasteiger partial charge on any atom is 0.294 e. The minimum Gasteiger partial charge on any atom is -0.465 e. The predicted molar refractivity (Wildman–Crippen MR) is 93.6 cm³/mol. The van der Waals surface area contributed by atoms with Gasteiger partial charge in [0.05, 0.1) is 0 Å². The molecule has 23 heavy (non-hydrogen) atoms. The van der Waals surface area contributed by atoms with Crippen molar-refractivity contribution in [2.75, 3.05) is 19.6 Å². The van der Waals surface area contributed by atoms with Gasteiger partial charge >= 0.3 is 0 Å². The lowest BCUT2D eigenvalue weighted by Crippen LogP contribution is -2.61. The van der Waals surface area contributed by atoms with Gasteiger partial charge in [0, 0.05) is 41.5 Å². The van der Waals surface area contributed by atoms with Crippen LogP contribution >= 0.6 is 27.3 Å². The summed E-state index contributed by atoms with van der Waals surface area (Å²) in [5.74, 6) is 2.26. The van der Waals surface area contributed by atoms with Crippen LogP contribution in [-0.2, 0) is 0 Å². The van der Waals surface area contributed by atoms with Gasteiger partial charge in [0.25, 0.3) is 5.19 Å². The Hall–Kier alpha value is -0.980. The normalized spacial score (nSPS) is 34.7. The highest BCUT2D eigenvalue weighted by molar-refractivity contribution is 9.10. The summed E-state index contributed by atoms with van der Waals surface area (Å²) >= 11 is 5.07. The number of hydrogen-bond donors (Lipinski definition) is 0. The number of piperidine rings is 3. The minimum absolute atomic E-state index is 0.339. The summed E-state index contributed by atoms with van der Waals surface area (Å²) in [6.45, 7) is 3.72. The number of benzene rings is 1. The maximum atomic E-state index is 6.33. The van der Waals surface area contributed by atoms with E-state index in [0.717, 1.165) is 26.2 Å². The van der Waals surface area contributed by atoms with Gasteiger partial charge < -0.3 is 9.64 Å². The summed E-state index contributed by atoms with van der Waals surface area (Å²) in [5, 5.41) is 10.3. The molecule has 0 N–H and O–H groups in total. The van der Waals surface area contributed by atoms with Gasteiger partial charge in [-0.1, -0.05) is 44.5 Å². The Morgan fingerprint density at radius 1 is 1.13 bits per heavy atom. The van der Waals surface area contributed by atoms with E-state index in [1.165, 1.54) is 32.5 Å². The standard InChI is InChI=1S/C17H18BrN3OS/c18-14-3-1-2-11(6-14)16-19-20-17(23-16)22-15-12-4-10-5-13(15)9-21(7-10)8-12/h1-3,6,10,12-13,15H,4-5,7-9H2/t10?,12-,13-,15?/m0/s1. The third-order valence-corrected chi connectivity index (χ3v) is 6.77. The Kier molecular flexibility index (Phi) is 3.46. The molecule has 4 heterocycles. The van der Waals surface area contributed by atoms with Gasteiger partial charge in [-0.3, -0.25) is 0 Å². The number of hydrogen-bond acceptors (Lipinski definition) is 5. The first-order chi connectivity index (χ1) is 11.2. The van der Waals surface area contributed by atoms with Gasteiger partial charge in [-0.2, -0.15) is 0 Å². The van der Waals surface area contributed by atoms with E-state index in [1.807, 2.05) is 12.1 Å². The van der Waals surface area contributed by atoms with Crippen molar-refractivity contribution < 1.29 is 4.74 Å². The molecule has 1 aromatic carbocycles. The van der Waals surface area contributed by atoms with E-state index in [-0.39, 0.29) is 0 Å². The fourth-order valence-corrected chi connectivity index (χ4v) is 5.80. The second kappa shape index (κ2) is 5.53. The molecule has 0 radical (unpaired) electrons. The second-order valence-corrected chi connectivity index (χ2v) is 8.90. The third kappa shape index (κ3) is 2.61. The molecule has 1 saturated carbocycles. The first-order valence-corrected chi connectivity index (χ1v) is 9.84. The molecule has 1 aromatic heterocycles. The van der Waals surface area contributed by atoms with Crippen molar-refractivity contribution in [3.8, 4) is 15.8 Å². The number of ether oxygens (including phenoxy) is 1. The van der Waals surface area contributed by atoms with E-state index in [2.05, 4.69) is 43.2 Å². The lowest BCUT2D eigenvalue weighted by Gasteiger charge is -2.54. The van der Waals surface area contributed by atoms with E-state index in [0.29, 0.717) is 17.9 Å². The maximum absolute atomic E-state index is 6.33. The van der Waals surface area contributed by atoms with Gasteiger partial charge in [0.2, 0.25) is 0 Å². The van der Waals surface area contributed by atoms with E-state index in [4.69, 9.17) is 4.74 Å². The molecular formula is C17H18BrN3OS. The largest absolute Gasteiger partial charge is 0.465 e. The summed E-state index contributed by atoms with van der Waals surface area (Å²) in [7, 11) is 0. The van der Waals surface area contributed by atoms with Crippen LogP contribution in [0.25, 0.3) is 10.6 Å². The van der Waals surface area contributed by atoms with Crippen LogP contribution in [0, 0.1) is 17.8 Å². The SMILES string of the molecule is Brc1cccc(-c2nnc(OC3[C@H]4CC5C[C@H]3CN(C5)C4)s2)c1.